The molecule has 6 N–H and O–H groups in total. The minimum absolute atomic E-state index is 0.00455. The van der Waals surface area contributed by atoms with Gasteiger partial charge in [0.15, 0.2) is 0 Å². The number of anilines is 3. The first kappa shape index (κ1) is 39.3. The largest absolute Gasteiger partial charge is 0.508 e. The van der Waals surface area contributed by atoms with Crippen LogP contribution in [-0.4, -0.2) is 58.7 Å². The van der Waals surface area contributed by atoms with E-state index >= 15 is 0 Å². The Morgan fingerprint density at radius 1 is 0.686 bits per heavy atom. The van der Waals surface area contributed by atoms with Gasteiger partial charge < -0.3 is 20.8 Å². The third-order valence-electron chi connectivity index (χ3n) is 8.30. The zero-order valence-corrected chi connectivity index (χ0v) is 31.8. The summed E-state index contributed by atoms with van der Waals surface area (Å²) in [6.07, 6.45) is 6.45. The first-order valence-corrected chi connectivity index (χ1v) is 19.0. The van der Waals surface area contributed by atoms with Gasteiger partial charge in [-0.2, -0.15) is 16.8 Å². The fourth-order valence-electron chi connectivity index (χ4n) is 5.47. The quantitative estimate of drug-likeness (QED) is 0.0922. The molecule has 0 saturated carbocycles. The van der Waals surface area contributed by atoms with Crippen LogP contribution in [0, 0.1) is 0 Å². The van der Waals surface area contributed by atoms with E-state index in [0.29, 0.717) is 22.7 Å². The number of benzene rings is 3. The summed E-state index contributed by atoms with van der Waals surface area (Å²) in [6.45, 7) is 16.9. The smallest absolute Gasteiger partial charge is 0.296 e. The van der Waals surface area contributed by atoms with Gasteiger partial charge in [-0.1, -0.05) is 27.7 Å². The Kier molecular flexibility index (Phi) is 10.7. The molecule has 12 nitrogen and oxygen atoms in total. The van der Waals surface area contributed by atoms with Gasteiger partial charge >= 0.3 is 0 Å². The fourth-order valence-corrected chi connectivity index (χ4v) is 6.77. The highest BCUT2D eigenvalue weighted by Crippen LogP contribution is 2.41. The van der Waals surface area contributed by atoms with Gasteiger partial charge in [0.1, 0.15) is 21.3 Å². The number of aliphatic imine (C=N–C) groups is 2. The fraction of sp³-hybridized carbons (Fsp3) is 0.351. The van der Waals surface area contributed by atoms with Gasteiger partial charge in [0, 0.05) is 46.1 Å². The van der Waals surface area contributed by atoms with Crippen molar-refractivity contribution in [1.82, 2.24) is 0 Å². The van der Waals surface area contributed by atoms with Crippen molar-refractivity contribution in [2.45, 2.75) is 94.5 Å². The second kappa shape index (κ2) is 13.9. The molecule has 1 atom stereocenters. The summed E-state index contributed by atoms with van der Waals surface area (Å²) in [6, 6.07) is 12.1. The van der Waals surface area contributed by atoms with E-state index in [9.17, 15) is 36.2 Å². The number of phenolic OH excluding ortho intramolecular Hbond substituents is 2. The molecule has 0 aliphatic heterocycles. The molecule has 4 rings (SSSR count). The van der Waals surface area contributed by atoms with E-state index in [-0.39, 0.29) is 34.0 Å². The summed E-state index contributed by atoms with van der Waals surface area (Å²) >= 11 is 0. The molecule has 0 spiro atoms. The molecule has 0 saturated heterocycles. The number of nitrogens with zero attached hydrogens (tertiary/aromatic N) is 2. The molecular weight excluding hydrogens is 693 g/mol. The summed E-state index contributed by atoms with van der Waals surface area (Å²) in [5, 5.41) is 28.0. The van der Waals surface area contributed by atoms with E-state index in [2.05, 4.69) is 15.6 Å². The molecule has 274 valence electrons. The van der Waals surface area contributed by atoms with Crippen molar-refractivity contribution >= 4 is 54.4 Å². The standard InChI is InChI=1S/C37H46N4O8S2/c1-22(27-18-33(50(44,45)46)29(20-31(27)42)38-23-10-14-25(15-11-23)40-36(5,6)7)37(8,9)41-26-16-12-24(13-17-26)39-30-21-32(43)28(35(2,3)4)19-34(30)51(47,48)49/h10-22,38,40,42-43H,1-9H3,(H,44,45,46)(H,47,48,49). The third kappa shape index (κ3) is 9.85. The number of phenols is 2. The number of hydrogen-bond donors (Lipinski definition) is 6. The molecule has 0 fully saturated rings. The van der Waals surface area contributed by atoms with Gasteiger partial charge in [-0.05, 0) is 101 Å². The third-order valence-corrected chi connectivity index (χ3v) is 10.1. The Balaban J connectivity index is 1.62. The molecule has 1 unspecified atom stereocenters. The van der Waals surface area contributed by atoms with Gasteiger partial charge in [0.2, 0.25) is 0 Å². The average molecular weight is 739 g/mol. The zero-order chi connectivity index (χ0) is 38.3. The SMILES string of the molecule is CC(c1cc(S(=O)(=O)O)c(Nc2ccc(NC(C)(C)C)cc2)cc1O)C(C)(C)N=C1C=CC(=Nc2cc(O)c(C(C)(C)C)cc2S(=O)(=O)O)C=C1. The summed E-state index contributed by atoms with van der Waals surface area (Å²) in [5.41, 5.74) is 0.993. The molecule has 0 radical (unpaired) electrons. The van der Waals surface area contributed by atoms with Crippen molar-refractivity contribution in [3.05, 3.63) is 84.0 Å². The lowest BCUT2D eigenvalue weighted by atomic mass is 9.83. The van der Waals surface area contributed by atoms with Crippen LogP contribution in [0.1, 0.15) is 79.4 Å². The molecule has 0 bridgehead atoms. The van der Waals surface area contributed by atoms with E-state index in [0.717, 1.165) is 5.69 Å². The van der Waals surface area contributed by atoms with E-state index < -0.39 is 46.9 Å². The lowest BCUT2D eigenvalue weighted by Crippen LogP contribution is -2.27. The van der Waals surface area contributed by atoms with Crippen molar-refractivity contribution in [2.75, 3.05) is 10.6 Å². The maximum absolute atomic E-state index is 12.5. The van der Waals surface area contributed by atoms with Gasteiger partial charge in [0.05, 0.1) is 28.3 Å². The molecular formula is C37H46N4O8S2. The number of hydrogen-bond acceptors (Lipinski definition) is 10. The summed E-state index contributed by atoms with van der Waals surface area (Å²) in [5.74, 6) is -0.917. The minimum Gasteiger partial charge on any atom is -0.508 e. The summed E-state index contributed by atoms with van der Waals surface area (Å²) < 4.78 is 69.5. The topological polar surface area (TPSA) is 198 Å². The minimum atomic E-state index is -4.71. The lowest BCUT2D eigenvalue weighted by Gasteiger charge is -2.30. The van der Waals surface area contributed by atoms with Crippen LogP contribution < -0.4 is 10.6 Å². The Hall–Kier alpha value is -4.50. The Morgan fingerprint density at radius 2 is 1.22 bits per heavy atom. The van der Waals surface area contributed by atoms with Gasteiger partial charge in [-0.25, -0.2) is 4.99 Å². The monoisotopic (exact) mass is 738 g/mol. The maximum Gasteiger partial charge on any atom is 0.296 e. The van der Waals surface area contributed by atoms with E-state index in [4.69, 9.17) is 4.99 Å². The molecule has 51 heavy (non-hydrogen) atoms. The van der Waals surface area contributed by atoms with Gasteiger partial charge in [-0.3, -0.25) is 14.1 Å². The van der Waals surface area contributed by atoms with Gasteiger partial charge in [0.25, 0.3) is 20.2 Å². The second-order valence-electron chi connectivity index (χ2n) is 15.1. The van der Waals surface area contributed by atoms with Crippen LogP contribution in [0.3, 0.4) is 0 Å². The molecule has 1 aliphatic carbocycles. The molecule has 3 aromatic rings. The van der Waals surface area contributed by atoms with E-state index in [1.54, 1.807) is 78.0 Å². The second-order valence-corrected chi connectivity index (χ2v) is 17.9. The number of aromatic hydroxyl groups is 2. The first-order chi connectivity index (χ1) is 23.2. The average Bonchev–Trinajstić information content (AvgIpc) is 2.96. The van der Waals surface area contributed by atoms with Crippen molar-refractivity contribution in [3.63, 3.8) is 0 Å². The predicted octanol–water partition coefficient (Wildman–Crippen LogP) is 8.06. The van der Waals surface area contributed by atoms with Crippen LogP contribution in [0.5, 0.6) is 11.5 Å². The number of allylic oxidation sites excluding steroid dienone is 4. The normalized spacial score (nSPS) is 14.7. The highest BCUT2D eigenvalue weighted by atomic mass is 32.2. The molecule has 0 aromatic heterocycles. The Morgan fingerprint density at radius 3 is 1.73 bits per heavy atom. The van der Waals surface area contributed by atoms with Crippen molar-refractivity contribution < 1.29 is 36.2 Å². The molecule has 1 aliphatic rings. The number of rotatable bonds is 9. The molecule has 3 aromatic carbocycles. The maximum atomic E-state index is 12.5. The first-order valence-electron chi connectivity index (χ1n) is 16.1. The van der Waals surface area contributed by atoms with Crippen LogP contribution in [0.15, 0.2) is 92.6 Å². The molecule has 14 heteroatoms. The Bertz CT molecular complexity index is 2150. The zero-order valence-electron chi connectivity index (χ0n) is 30.1. The lowest BCUT2D eigenvalue weighted by molar-refractivity contribution is 0.409. The van der Waals surface area contributed by atoms with Crippen molar-refractivity contribution in [3.8, 4) is 11.5 Å². The molecule has 0 heterocycles. The number of nitrogens with one attached hydrogen (secondary N) is 2. The van der Waals surface area contributed by atoms with Crippen LogP contribution in [0.25, 0.3) is 0 Å². The summed E-state index contributed by atoms with van der Waals surface area (Å²) in [4.78, 5) is 8.32. The van der Waals surface area contributed by atoms with Crippen molar-refractivity contribution in [2.24, 2.45) is 9.98 Å². The van der Waals surface area contributed by atoms with Crippen molar-refractivity contribution in [1.29, 1.82) is 0 Å². The highest BCUT2D eigenvalue weighted by molar-refractivity contribution is 7.86. The van der Waals surface area contributed by atoms with Crippen LogP contribution >= 0.6 is 0 Å². The summed E-state index contributed by atoms with van der Waals surface area (Å²) in [7, 11) is -9.38. The predicted molar refractivity (Wildman–Crippen MR) is 203 cm³/mol. The molecule has 0 amide bonds. The van der Waals surface area contributed by atoms with Gasteiger partial charge in [-0.15, -0.1) is 0 Å². The Labute approximate surface area is 300 Å². The van der Waals surface area contributed by atoms with E-state index in [1.807, 2.05) is 32.9 Å². The van der Waals surface area contributed by atoms with Crippen LogP contribution in [0.4, 0.5) is 22.7 Å². The van der Waals surface area contributed by atoms with E-state index in [1.165, 1.54) is 24.3 Å². The van der Waals surface area contributed by atoms with Crippen LogP contribution in [-0.2, 0) is 25.7 Å². The van der Waals surface area contributed by atoms with Crippen LogP contribution in [0.2, 0.25) is 0 Å². The highest BCUT2D eigenvalue weighted by Gasteiger charge is 2.31.